The molecular weight excluding hydrogens is 260 g/mol. The summed E-state index contributed by atoms with van der Waals surface area (Å²) in [4.78, 5) is 4.35. The van der Waals surface area contributed by atoms with E-state index in [-0.39, 0.29) is 0 Å². The number of nitrogens with zero attached hydrogens (tertiary/aromatic N) is 1. The number of hydrogen-bond acceptors (Lipinski definition) is 3. The van der Waals surface area contributed by atoms with E-state index in [4.69, 9.17) is 23.2 Å². The number of halogens is 1. The molecule has 0 saturated carbocycles. The monoisotopic (exact) mass is 274 g/mol. The van der Waals surface area contributed by atoms with Crippen LogP contribution in [0.25, 0.3) is 0 Å². The van der Waals surface area contributed by atoms with Gasteiger partial charge in [-0.25, -0.2) is 0 Å². The molecule has 0 amide bonds. The number of rotatable bonds is 4. The highest BCUT2D eigenvalue weighted by Gasteiger charge is 1.99. The molecule has 98 valence electrons. The van der Waals surface area contributed by atoms with Crippen LogP contribution in [-0.4, -0.2) is 5.84 Å². The maximum absolute atomic E-state index is 5.95. The zero-order valence-electron chi connectivity index (χ0n) is 10.3. The van der Waals surface area contributed by atoms with Crippen molar-refractivity contribution in [1.82, 2.24) is 0 Å². The van der Waals surface area contributed by atoms with Gasteiger partial charge in [-0.05, 0) is 29.8 Å². The van der Waals surface area contributed by atoms with Gasteiger partial charge < -0.3 is 11.2 Å². The van der Waals surface area contributed by atoms with Crippen LogP contribution in [0.15, 0.2) is 53.5 Å². The van der Waals surface area contributed by atoms with Gasteiger partial charge in [0.15, 0.2) is 0 Å². The molecule has 0 fully saturated rings. The minimum absolute atomic E-state index is 0.479. The lowest BCUT2D eigenvalue weighted by Crippen LogP contribution is -2.15. The van der Waals surface area contributed by atoms with Crippen LogP contribution in [0.4, 0.5) is 5.69 Å². The molecule has 0 unspecified atom stereocenters. The third-order valence-corrected chi connectivity index (χ3v) is 2.92. The Morgan fingerprint density at radius 1 is 1.16 bits per heavy atom. The molecule has 0 aliphatic rings. The minimum Gasteiger partial charge on any atom is -0.383 e. The first-order chi connectivity index (χ1) is 9.19. The molecule has 0 atom stereocenters. The van der Waals surface area contributed by atoms with Gasteiger partial charge in [-0.2, -0.15) is 0 Å². The maximum atomic E-state index is 5.95. The van der Waals surface area contributed by atoms with Gasteiger partial charge in [0.1, 0.15) is 5.84 Å². The second kappa shape index (κ2) is 6.22. The quantitative estimate of drug-likeness (QED) is 0.347. The molecule has 0 bridgehead atoms. The summed E-state index contributed by atoms with van der Waals surface area (Å²) in [5.74, 6) is 5.83. The third kappa shape index (κ3) is 3.71. The van der Waals surface area contributed by atoms with E-state index in [1.54, 1.807) is 0 Å². The fourth-order valence-corrected chi connectivity index (χ4v) is 1.75. The summed E-state index contributed by atoms with van der Waals surface area (Å²) >= 11 is 5.82. The van der Waals surface area contributed by atoms with Crippen molar-refractivity contribution in [3.63, 3.8) is 0 Å². The van der Waals surface area contributed by atoms with Gasteiger partial charge in [0.05, 0.1) is 6.54 Å². The standard InChI is InChI=1S/C14H15ClN4/c15-12-6-4-10(5-7-12)9-18-14(16)11-2-1-3-13(8-11)19-17/h1-8,19H,9,17H2,(H2,16,18). The van der Waals surface area contributed by atoms with Crippen LogP contribution in [0.1, 0.15) is 11.1 Å². The molecule has 5 N–H and O–H groups in total. The summed E-state index contributed by atoms with van der Waals surface area (Å²) in [6, 6.07) is 15.0. The third-order valence-electron chi connectivity index (χ3n) is 2.67. The fourth-order valence-electron chi connectivity index (χ4n) is 1.63. The van der Waals surface area contributed by atoms with Crippen LogP contribution in [0.5, 0.6) is 0 Å². The van der Waals surface area contributed by atoms with Crippen LogP contribution < -0.4 is 17.0 Å². The minimum atomic E-state index is 0.479. The predicted molar refractivity (Wildman–Crippen MR) is 80.1 cm³/mol. The zero-order valence-corrected chi connectivity index (χ0v) is 11.1. The number of nitrogens with two attached hydrogens (primary N) is 2. The van der Waals surface area contributed by atoms with E-state index in [1.807, 2.05) is 48.5 Å². The Hall–Kier alpha value is -2.04. The lowest BCUT2D eigenvalue weighted by atomic mass is 10.2. The van der Waals surface area contributed by atoms with E-state index in [0.29, 0.717) is 17.4 Å². The second-order valence-corrected chi connectivity index (χ2v) is 4.49. The van der Waals surface area contributed by atoms with Crippen molar-refractivity contribution >= 4 is 23.1 Å². The maximum Gasteiger partial charge on any atom is 0.126 e. The summed E-state index contributed by atoms with van der Waals surface area (Å²) < 4.78 is 0. The van der Waals surface area contributed by atoms with E-state index in [9.17, 15) is 0 Å². The van der Waals surface area contributed by atoms with Gasteiger partial charge in [0, 0.05) is 16.3 Å². The number of amidine groups is 1. The summed E-state index contributed by atoms with van der Waals surface area (Å²) in [7, 11) is 0. The lowest BCUT2D eigenvalue weighted by molar-refractivity contribution is 1.06. The second-order valence-electron chi connectivity index (χ2n) is 4.05. The Morgan fingerprint density at radius 3 is 2.58 bits per heavy atom. The molecule has 4 nitrogen and oxygen atoms in total. The van der Waals surface area contributed by atoms with Crippen molar-refractivity contribution in [2.45, 2.75) is 6.54 Å². The topological polar surface area (TPSA) is 76.4 Å². The Bertz CT molecular complexity index is 578. The number of hydrogen-bond donors (Lipinski definition) is 3. The average molecular weight is 275 g/mol. The molecule has 2 rings (SSSR count). The summed E-state index contributed by atoms with van der Waals surface area (Å²) in [5.41, 5.74) is 11.2. The molecule has 0 aromatic heterocycles. The van der Waals surface area contributed by atoms with E-state index in [2.05, 4.69) is 10.4 Å². The number of hydrazine groups is 1. The van der Waals surface area contributed by atoms with Crippen molar-refractivity contribution in [1.29, 1.82) is 0 Å². The molecule has 0 aliphatic carbocycles. The number of nitrogens with one attached hydrogen (secondary N) is 1. The van der Waals surface area contributed by atoms with Gasteiger partial charge in [-0.1, -0.05) is 35.9 Å². The Labute approximate surface area is 117 Å². The van der Waals surface area contributed by atoms with Crippen molar-refractivity contribution in [2.75, 3.05) is 5.43 Å². The van der Waals surface area contributed by atoms with Crippen molar-refractivity contribution in [2.24, 2.45) is 16.6 Å². The van der Waals surface area contributed by atoms with Crippen molar-refractivity contribution < 1.29 is 0 Å². The lowest BCUT2D eigenvalue weighted by Gasteiger charge is -2.04. The summed E-state index contributed by atoms with van der Waals surface area (Å²) in [6.07, 6.45) is 0. The Balaban J connectivity index is 2.11. The number of benzene rings is 2. The summed E-state index contributed by atoms with van der Waals surface area (Å²) in [5, 5.41) is 0.711. The molecule has 19 heavy (non-hydrogen) atoms. The molecule has 2 aromatic carbocycles. The molecular formula is C14H15ClN4. The Kier molecular flexibility index (Phi) is 4.39. The van der Waals surface area contributed by atoms with Gasteiger partial charge in [0.25, 0.3) is 0 Å². The van der Waals surface area contributed by atoms with Gasteiger partial charge in [0.2, 0.25) is 0 Å². The number of anilines is 1. The highest BCUT2D eigenvalue weighted by atomic mass is 35.5. The zero-order chi connectivity index (χ0) is 13.7. The SMILES string of the molecule is NNc1cccc(C(N)=NCc2ccc(Cl)cc2)c1. The molecule has 0 aliphatic heterocycles. The largest absolute Gasteiger partial charge is 0.383 e. The van der Waals surface area contributed by atoms with E-state index in [1.165, 1.54) is 0 Å². The van der Waals surface area contributed by atoms with Crippen LogP contribution in [0.3, 0.4) is 0 Å². The number of aliphatic imine (C=N–C) groups is 1. The first kappa shape index (κ1) is 13.4. The first-order valence-corrected chi connectivity index (χ1v) is 6.18. The van der Waals surface area contributed by atoms with Crippen molar-refractivity contribution in [3.05, 3.63) is 64.7 Å². The first-order valence-electron chi connectivity index (χ1n) is 5.80. The molecule has 5 heteroatoms. The highest BCUT2D eigenvalue weighted by molar-refractivity contribution is 6.30. The van der Waals surface area contributed by atoms with E-state index in [0.717, 1.165) is 16.8 Å². The van der Waals surface area contributed by atoms with Crippen LogP contribution in [0.2, 0.25) is 5.02 Å². The molecule has 0 spiro atoms. The van der Waals surface area contributed by atoms with Crippen LogP contribution in [-0.2, 0) is 6.54 Å². The van der Waals surface area contributed by atoms with Gasteiger partial charge >= 0.3 is 0 Å². The Morgan fingerprint density at radius 2 is 1.89 bits per heavy atom. The molecule has 0 heterocycles. The van der Waals surface area contributed by atoms with Gasteiger partial charge in [-0.3, -0.25) is 10.8 Å². The smallest absolute Gasteiger partial charge is 0.126 e. The van der Waals surface area contributed by atoms with E-state index >= 15 is 0 Å². The van der Waals surface area contributed by atoms with Crippen molar-refractivity contribution in [3.8, 4) is 0 Å². The highest BCUT2D eigenvalue weighted by Crippen LogP contribution is 2.12. The number of nitrogen functional groups attached to an aromatic ring is 1. The molecule has 0 radical (unpaired) electrons. The predicted octanol–water partition coefficient (Wildman–Crippen LogP) is 2.53. The fraction of sp³-hybridized carbons (Fsp3) is 0.0714. The van der Waals surface area contributed by atoms with Crippen LogP contribution in [0, 0.1) is 0 Å². The average Bonchev–Trinajstić information content (AvgIpc) is 2.46. The molecule has 2 aromatic rings. The van der Waals surface area contributed by atoms with Crippen LogP contribution >= 0.6 is 11.6 Å². The molecule has 0 saturated heterocycles. The van der Waals surface area contributed by atoms with Gasteiger partial charge in [-0.15, -0.1) is 0 Å². The van der Waals surface area contributed by atoms with E-state index < -0.39 is 0 Å². The summed E-state index contributed by atoms with van der Waals surface area (Å²) in [6.45, 7) is 0.517. The normalized spacial score (nSPS) is 11.4.